The first-order valence-electron chi connectivity index (χ1n) is 8.41. The molecule has 7 heteroatoms. The van der Waals surface area contributed by atoms with Crippen molar-refractivity contribution >= 4 is 38.6 Å². The number of benzene rings is 1. The van der Waals surface area contributed by atoms with E-state index in [0.29, 0.717) is 16.3 Å². The summed E-state index contributed by atoms with van der Waals surface area (Å²) in [5, 5.41) is 2.86. The summed E-state index contributed by atoms with van der Waals surface area (Å²) in [6.07, 6.45) is 8.10. The van der Waals surface area contributed by atoms with Crippen molar-refractivity contribution < 1.29 is 13.2 Å². The fourth-order valence-electron chi connectivity index (χ4n) is 3.02. The zero-order valence-electron chi connectivity index (χ0n) is 14.2. The van der Waals surface area contributed by atoms with Crippen molar-refractivity contribution in [3.63, 3.8) is 0 Å². The largest absolute Gasteiger partial charge is 0.321 e. The number of fused-ring (bicyclic) bond motifs is 1. The molecule has 5 nitrogen and oxygen atoms in total. The quantitative estimate of drug-likeness (QED) is 0.843. The molecule has 1 aromatic heterocycles. The van der Waals surface area contributed by atoms with E-state index in [0.717, 1.165) is 19.1 Å². The van der Waals surface area contributed by atoms with Crippen molar-refractivity contribution in [3.8, 4) is 0 Å². The van der Waals surface area contributed by atoms with Crippen LogP contribution in [0.15, 0.2) is 30.3 Å². The summed E-state index contributed by atoms with van der Waals surface area (Å²) >= 11 is 1.58. The number of hydrogen-bond donors (Lipinski definition) is 2. The van der Waals surface area contributed by atoms with Crippen molar-refractivity contribution in [2.75, 3.05) is 16.3 Å². The summed E-state index contributed by atoms with van der Waals surface area (Å²) in [5.74, 6) is -0.145. The molecule has 0 aliphatic heterocycles. The van der Waals surface area contributed by atoms with Crippen LogP contribution in [-0.4, -0.2) is 20.6 Å². The average Bonchev–Trinajstić information content (AvgIpc) is 2.88. The van der Waals surface area contributed by atoms with Crippen molar-refractivity contribution in [1.29, 1.82) is 0 Å². The number of hydrogen-bond acceptors (Lipinski definition) is 4. The van der Waals surface area contributed by atoms with Crippen molar-refractivity contribution in [2.45, 2.75) is 38.5 Å². The van der Waals surface area contributed by atoms with Crippen LogP contribution in [0.5, 0.6) is 0 Å². The topological polar surface area (TPSA) is 75.3 Å². The van der Waals surface area contributed by atoms with Gasteiger partial charge in [-0.05, 0) is 55.5 Å². The number of rotatable bonds is 4. The van der Waals surface area contributed by atoms with Gasteiger partial charge in [0.1, 0.15) is 0 Å². The molecule has 134 valence electrons. The molecule has 0 fully saturated rings. The molecule has 0 spiro atoms. The molecule has 1 aliphatic carbocycles. The highest BCUT2D eigenvalue weighted by Gasteiger charge is 2.16. The van der Waals surface area contributed by atoms with Crippen LogP contribution in [0.4, 0.5) is 11.4 Å². The third kappa shape index (κ3) is 5.06. The van der Waals surface area contributed by atoms with Crippen molar-refractivity contribution in [2.24, 2.45) is 0 Å². The smallest absolute Gasteiger partial charge is 0.265 e. The van der Waals surface area contributed by atoms with E-state index in [9.17, 15) is 13.2 Å². The summed E-state index contributed by atoms with van der Waals surface area (Å²) in [6.45, 7) is 0. The molecule has 0 atom stereocenters. The summed E-state index contributed by atoms with van der Waals surface area (Å²) in [6, 6.07) is 8.72. The predicted molar refractivity (Wildman–Crippen MR) is 103 cm³/mol. The number of thiophene rings is 1. The second kappa shape index (κ2) is 7.58. The van der Waals surface area contributed by atoms with E-state index in [4.69, 9.17) is 0 Å². The van der Waals surface area contributed by atoms with Crippen LogP contribution in [0.1, 0.15) is 45.8 Å². The lowest BCUT2D eigenvalue weighted by atomic mass is 10.00. The molecule has 0 saturated heterocycles. The first kappa shape index (κ1) is 17.9. The molecular formula is C18H22N2O3S2. The molecule has 3 rings (SSSR count). The minimum atomic E-state index is -3.34. The van der Waals surface area contributed by atoms with Crippen LogP contribution >= 0.6 is 11.3 Å². The lowest BCUT2D eigenvalue weighted by molar-refractivity contribution is 0.103. The van der Waals surface area contributed by atoms with Gasteiger partial charge in [-0.25, -0.2) is 8.42 Å². The van der Waals surface area contributed by atoms with E-state index in [-0.39, 0.29) is 5.91 Å². The van der Waals surface area contributed by atoms with Crippen LogP contribution in [-0.2, 0) is 22.9 Å². The molecule has 1 aromatic carbocycles. The monoisotopic (exact) mass is 378 g/mol. The molecule has 0 unspecified atom stereocenters. The highest BCUT2D eigenvalue weighted by molar-refractivity contribution is 7.92. The zero-order valence-corrected chi connectivity index (χ0v) is 15.8. The SMILES string of the molecule is CS(=O)(=O)Nc1cccc(NC(=O)c2cc3c(s2)CCCCCC3)c1. The van der Waals surface area contributed by atoms with Gasteiger partial charge in [0.05, 0.1) is 16.8 Å². The van der Waals surface area contributed by atoms with E-state index in [1.165, 1.54) is 36.1 Å². The molecule has 1 aliphatic rings. The number of anilines is 2. The molecule has 0 saturated carbocycles. The number of aryl methyl sites for hydroxylation is 2. The molecule has 25 heavy (non-hydrogen) atoms. The molecule has 0 bridgehead atoms. The third-order valence-corrected chi connectivity index (χ3v) is 5.99. The highest BCUT2D eigenvalue weighted by Crippen LogP contribution is 2.29. The first-order chi connectivity index (χ1) is 11.9. The Kier molecular flexibility index (Phi) is 5.44. The van der Waals surface area contributed by atoms with Gasteiger partial charge in [-0.15, -0.1) is 11.3 Å². The maximum absolute atomic E-state index is 12.6. The molecule has 1 amide bonds. The van der Waals surface area contributed by atoms with E-state index in [1.807, 2.05) is 6.07 Å². The third-order valence-electron chi connectivity index (χ3n) is 4.14. The maximum Gasteiger partial charge on any atom is 0.265 e. The van der Waals surface area contributed by atoms with Crippen LogP contribution in [0.25, 0.3) is 0 Å². The van der Waals surface area contributed by atoms with Gasteiger partial charge in [-0.2, -0.15) is 0 Å². The fraction of sp³-hybridized carbons (Fsp3) is 0.389. The summed E-state index contributed by atoms with van der Waals surface area (Å²) < 4.78 is 25.1. The number of carbonyl (C=O) groups excluding carboxylic acids is 1. The predicted octanol–water partition coefficient (Wildman–Crippen LogP) is 4.03. The molecule has 1 heterocycles. The number of sulfonamides is 1. The second-order valence-corrected chi connectivity index (χ2v) is 9.27. The van der Waals surface area contributed by atoms with E-state index >= 15 is 0 Å². The van der Waals surface area contributed by atoms with E-state index in [1.54, 1.807) is 35.6 Å². The van der Waals surface area contributed by atoms with Gasteiger partial charge in [0.15, 0.2) is 0 Å². The van der Waals surface area contributed by atoms with Crippen LogP contribution < -0.4 is 10.0 Å². The highest BCUT2D eigenvalue weighted by atomic mass is 32.2. The Morgan fingerprint density at radius 3 is 2.52 bits per heavy atom. The Balaban J connectivity index is 1.74. The van der Waals surface area contributed by atoms with Crippen LogP contribution in [0, 0.1) is 0 Å². The normalized spacial score (nSPS) is 14.9. The molecular weight excluding hydrogens is 356 g/mol. The number of amides is 1. The lowest BCUT2D eigenvalue weighted by Gasteiger charge is -2.07. The van der Waals surface area contributed by atoms with Gasteiger partial charge in [0.25, 0.3) is 5.91 Å². The van der Waals surface area contributed by atoms with Gasteiger partial charge in [0.2, 0.25) is 10.0 Å². The zero-order chi connectivity index (χ0) is 17.9. The Hall–Kier alpha value is -1.86. The van der Waals surface area contributed by atoms with Gasteiger partial charge in [-0.1, -0.05) is 18.9 Å². The van der Waals surface area contributed by atoms with E-state index in [2.05, 4.69) is 10.0 Å². The van der Waals surface area contributed by atoms with Crippen LogP contribution in [0.2, 0.25) is 0 Å². The Morgan fingerprint density at radius 1 is 1.04 bits per heavy atom. The number of carbonyl (C=O) groups is 1. The van der Waals surface area contributed by atoms with Crippen molar-refractivity contribution in [1.82, 2.24) is 0 Å². The summed E-state index contributed by atoms with van der Waals surface area (Å²) in [5.41, 5.74) is 2.31. The van der Waals surface area contributed by atoms with Gasteiger partial charge >= 0.3 is 0 Å². The second-order valence-electron chi connectivity index (χ2n) is 6.38. The molecule has 2 aromatic rings. The molecule has 0 radical (unpaired) electrons. The van der Waals surface area contributed by atoms with Crippen LogP contribution in [0.3, 0.4) is 0 Å². The minimum absolute atomic E-state index is 0.145. The van der Waals surface area contributed by atoms with E-state index < -0.39 is 10.0 Å². The van der Waals surface area contributed by atoms with Gasteiger partial charge in [-0.3, -0.25) is 9.52 Å². The number of nitrogens with one attached hydrogen (secondary N) is 2. The van der Waals surface area contributed by atoms with Gasteiger partial charge < -0.3 is 5.32 Å². The minimum Gasteiger partial charge on any atom is -0.321 e. The average molecular weight is 379 g/mol. The fourth-order valence-corrected chi connectivity index (χ4v) is 4.73. The van der Waals surface area contributed by atoms with Crippen molar-refractivity contribution in [3.05, 3.63) is 45.6 Å². The summed E-state index contributed by atoms with van der Waals surface area (Å²) in [4.78, 5) is 14.6. The first-order valence-corrected chi connectivity index (χ1v) is 11.1. The lowest BCUT2D eigenvalue weighted by Crippen LogP contribution is -2.12. The maximum atomic E-state index is 12.6. The molecule has 2 N–H and O–H groups in total. The Morgan fingerprint density at radius 2 is 1.76 bits per heavy atom. The Labute approximate surface area is 152 Å². The van der Waals surface area contributed by atoms with Gasteiger partial charge in [0, 0.05) is 10.6 Å². The standard InChI is InChI=1S/C18H22N2O3S2/c1-25(22,23)20-15-9-6-8-14(12-15)19-18(21)17-11-13-7-4-2-3-5-10-16(13)24-17/h6,8-9,11-12,20H,2-5,7,10H2,1H3,(H,19,21). The Bertz CT molecular complexity index is 847. The summed E-state index contributed by atoms with van der Waals surface area (Å²) in [7, 11) is -3.34.